The molecule has 1 fully saturated rings. The Hall–Kier alpha value is -0.0800. The minimum absolute atomic E-state index is 0.807. The van der Waals surface area contributed by atoms with Crippen LogP contribution in [0.1, 0.15) is 52.9 Å². The molecule has 1 atom stereocenters. The predicted octanol–water partition coefficient (Wildman–Crippen LogP) is 2.89. The van der Waals surface area contributed by atoms with E-state index in [-0.39, 0.29) is 0 Å². The summed E-state index contributed by atoms with van der Waals surface area (Å²) in [6.07, 6.45) is 6.69. The van der Waals surface area contributed by atoms with Crippen molar-refractivity contribution in [3.05, 3.63) is 0 Å². The zero-order chi connectivity index (χ0) is 11.8. The van der Waals surface area contributed by atoms with Crippen LogP contribution in [-0.2, 0) is 0 Å². The van der Waals surface area contributed by atoms with E-state index in [0.29, 0.717) is 0 Å². The Morgan fingerprint density at radius 3 is 2.50 bits per heavy atom. The van der Waals surface area contributed by atoms with Crippen LogP contribution in [0.4, 0.5) is 0 Å². The van der Waals surface area contributed by atoms with Crippen molar-refractivity contribution >= 4 is 0 Å². The summed E-state index contributed by atoms with van der Waals surface area (Å²) in [5.41, 5.74) is 0. The monoisotopic (exact) mass is 226 g/mol. The van der Waals surface area contributed by atoms with Gasteiger partial charge in [0.2, 0.25) is 0 Å². The molecule has 2 nitrogen and oxygen atoms in total. The maximum atomic E-state index is 3.53. The van der Waals surface area contributed by atoms with Gasteiger partial charge in [-0.05, 0) is 57.7 Å². The fraction of sp³-hybridized carbons (Fsp3) is 1.00. The Kier molecular flexibility index (Phi) is 7.06. The van der Waals surface area contributed by atoms with Crippen molar-refractivity contribution < 1.29 is 0 Å². The fourth-order valence-electron chi connectivity index (χ4n) is 2.93. The first-order chi connectivity index (χ1) is 7.81. The molecule has 0 aromatic rings. The van der Waals surface area contributed by atoms with E-state index >= 15 is 0 Å². The zero-order valence-corrected chi connectivity index (χ0v) is 11.5. The van der Waals surface area contributed by atoms with E-state index in [4.69, 9.17) is 0 Å². The SMILES string of the molecule is CCCN(CC1CCCNC1)C(CC)CC. The van der Waals surface area contributed by atoms with Gasteiger partial charge in [-0.15, -0.1) is 0 Å². The summed E-state index contributed by atoms with van der Waals surface area (Å²) in [4.78, 5) is 2.73. The number of nitrogens with one attached hydrogen (secondary N) is 1. The summed E-state index contributed by atoms with van der Waals surface area (Å²) >= 11 is 0. The lowest BCUT2D eigenvalue weighted by Crippen LogP contribution is -2.43. The summed E-state index contributed by atoms with van der Waals surface area (Å²) < 4.78 is 0. The van der Waals surface area contributed by atoms with E-state index in [1.807, 2.05) is 0 Å². The number of nitrogens with zero attached hydrogens (tertiary/aromatic N) is 1. The molecular formula is C14H30N2. The van der Waals surface area contributed by atoms with Gasteiger partial charge in [-0.3, -0.25) is 0 Å². The van der Waals surface area contributed by atoms with Crippen LogP contribution in [0, 0.1) is 5.92 Å². The molecule has 0 bridgehead atoms. The highest BCUT2D eigenvalue weighted by Crippen LogP contribution is 2.16. The number of piperidine rings is 1. The lowest BCUT2D eigenvalue weighted by molar-refractivity contribution is 0.146. The smallest absolute Gasteiger partial charge is 0.00901 e. The average Bonchev–Trinajstić information content (AvgIpc) is 2.32. The molecule has 2 heteroatoms. The summed E-state index contributed by atoms with van der Waals surface area (Å²) in [6.45, 7) is 12.0. The summed E-state index contributed by atoms with van der Waals surface area (Å²) in [5.74, 6) is 0.890. The van der Waals surface area contributed by atoms with Gasteiger partial charge in [0.15, 0.2) is 0 Å². The second kappa shape index (κ2) is 8.08. The summed E-state index contributed by atoms with van der Waals surface area (Å²) in [7, 11) is 0. The molecule has 0 spiro atoms. The van der Waals surface area contributed by atoms with Gasteiger partial charge in [0.1, 0.15) is 0 Å². The van der Waals surface area contributed by atoms with Crippen LogP contribution >= 0.6 is 0 Å². The number of hydrogen-bond donors (Lipinski definition) is 1. The van der Waals surface area contributed by atoms with Crippen molar-refractivity contribution in [3.8, 4) is 0 Å². The molecule has 1 N–H and O–H groups in total. The highest BCUT2D eigenvalue weighted by molar-refractivity contribution is 4.76. The lowest BCUT2D eigenvalue weighted by Gasteiger charge is -2.35. The van der Waals surface area contributed by atoms with E-state index in [2.05, 4.69) is 31.0 Å². The minimum atomic E-state index is 0.807. The van der Waals surface area contributed by atoms with E-state index in [0.717, 1.165) is 12.0 Å². The maximum Gasteiger partial charge on any atom is 0.00901 e. The molecule has 0 radical (unpaired) electrons. The molecule has 0 aliphatic carbocycles. The zero-order valence-electron chi connectivity index (χ0n) is 11.5. The normalized spacial score (nSPS) is 21.9. The highest BCUT2D eigenvalue weighted by atomic mass is 15.2. The van der Waals surface area contributed by atoms with Gasteiger partial charge in [0.05, 0.1) is 0 Å². The first kappa shape index (κ1) is 14.0. The molecule has 1 heterocycles. The van der Waals surface area contributed by atoms with E-state index < -0.39 is 0 Å². The standard InChI is InChI=1S/C14H30N2/c1-4-10-16(14(5-2)6-3)12-13-8-7-9-15-11-13/h13-15H,4-12H2,1-3H3. The van der Waals surface area contributed by atoms with E-state index in [9.17, 15) is 0 Å². The number of rotatable bonds is 7. The van der Waals surface area contributed by atoms with Crippen LogP contribution < -0.4 is 5.32 Å². The van der Waals surface area contributed by atoms with Gasteiger partial charge in [-0.1, -0.05) is 20.8 Å². The van der Waals surface area contributed by atoms with Gasteiger partial charge in [0.25, 0.3) is 0 Å². The Bertz CT molecular complexity index is 160. The largest absolute Gasteiger partial charge is 0.316 e. The Morgan fingerprint density at radius 2 is 2.00 bits per heavy atom. The van der Waals surface area contributed by atoms with Gasteiger partial charge in [-0.2, -0.15) is 0 Å². The van der Waals surface area contributed by atoms with E-state index in [1.165, 1.54) is 58.3 Å². The van der Waals surface area contributed by atoms with Crippen LogP contribution in [0.5, 0.6) is 0 Å². The van der Waals surface area contributed by atoms with Crippen LogP contribution in [0.25, 0.3) is 0 Å². The molecule has 96 valence electrons. The minimum Gasteiger partial charge on any atom is -0.316 e. The number of hydrogen-bond acceptors (Lipinski definition) is 2. The first-order valence-corrected chi connectivity index (χ1v) is 7.26. The van der Waals surface area contributed by atoms with Gasteiger partial charge in [0, 0.05) is 12.6 Å². The van der Waals surface area contributed by atoms with Gasteiger partial charge < -0.3 is 10.2 Å². The first-order valence-electron chi connectivity index (χ1n) is 7.26. The molecule has 1 saturated heterocycles. The summed E-state index contributed by atoms with van der Waals surface area (Å²) in [6, 6.07) is 0.807. The average molecular weight is 226 g/mol. The predicted molar refractivity (Wildman–Crippen MR) is 71.8 cm³/mol. The quantitative estimate of drug-likeness (QED) is 0.718. The van der Waals surface area contributed by atoms with Crippen molar-refractivity contribution in [2.45, 2.75) is 58.9 Å². The van der Waals surface area contributed by atoms with Crippen molar-refractivity contribution in [2.24, 2.45) is 5.92 Å². The second-order valence-corrected chi connectivity index (χ2v) is 5.18. The Morgan fingerprint density at radius 1 is 1.25 bits per heavy atom. The third-order valence-corrected chi connectivity index (χ3v) is 3.86. The molecule has 1 rings (SSSR count). The third-order valence-electron chi connectivity index (χ3n) is 3.86. The molecule has 1 aliphatic heterocycles. The molecule has 1 unspecified atom stereocenters. The molecular weight excluding hydrogens is 196 g/mol. The van der Waals surface area contributed by atoms with Crippen molar-refractivity contribution in [1.29, 1.82) is 0 Å². The molecule has 0 aromatic heterocycles. The van der Waals surface area contributed by atoms with Crippen molar-refractivity contribution in [3.63, 3.8) is 0 Å². The topological polar surface area (TPSA) is 15.3 Å². The second-order valence-electron chi connectivity index (χ2n) is 5.18. The molecule has 1 aliphatic rings. The third kappa shape index (κ3) is 4.42. The maximum absolute atomic E-state index is 3.53. The van der Waals surface area contributed by atoms with Gasteiger partial charge >= 0.3 is 0 Å². The molecule has 16 heavy (non-hydrogen) atoms. The van der Waals surface area contributed by atoms with Crippen LogP contribution in [0.2, 0.25) is 0 Å². The van der Waals surface area contributed by atoms with Crippen molar-refractivity contribution in [2.75, 3.05) is 26.2 Å². The molecule has 0 amide bonds. The van der Waals surface area contributed by atoms with Crippen molar-refractivity contribution in [1.82, 2.24) is 10.2 Å². The van der Waals surface area contributed by atoms with Gasteiger partial charge in [-0.25, -0.2) is 0 Å². The highest BCUT2D eigenvalue weighted by Gasteiger charge is 2.20. The van der Waals surface area contributed by atoms with E-state index in [1.54, 1.807) is 0 Å². The molecule has 0 saturated carbocycles. The Balaban J connectivity index is 2.41. The van der Waals surface area contributed by atoms with Crippen LogP contribution in [-0.4, -0.2) is 37.1 Å². The molecule has 0 aromatic carbocycles. The van der Waals surface area contributed by atoms with Crippen LogP contribution in [0.3, 0.4) is 0 Å². The summed E-state index contributed by atoms with van der Waals surface area (Å²) in [5, 5.41) is 3.53. The fourth-order valence-corrected chi connectivity index (χ4v) is 2.93. The van der Waals surface area contributed by atoms with Crippen LogP contribution in [0.15, 0.2) is 0 Å². The lowest BCUT2D eigenvalue weighted by atomic mass is 9.97. The Labute approximate surface area is 102 Å².